The Morgan fingerprint density at radius 2 is 2.04 bits per heavy atom. The van der Waals surface area contributed by atoms with Gasteiger partial charge in [-0.1, -0.05) is 6.07 Å². The quantitative estimate of drug-likeness (QED) is 0.768. The Hall–Kier alpha value is -1.07. The number of carbonyl (C=O) groups is 1. The lowest BCUT2D eigenvalue weighted by atomic mass is 10.0. The minimum absolute atomic E-state index is 0.207. The van der Waals surface area contributed by atoms with Gasteiger partial charge in [0, 0.05) is 19.1 Å². The number of aryl methyl sites for hydroxylation is 1. The first-order valence-corrected chi connectivity index (χ1v) is 9.81. The zero-order chi connectivity index (χ0) is 16.9. The number of hydrogen-bond acceptors (Lipinski definition) is 3. The Morgan fingerprint density at radius 3 is 2.71 bits per heavy atom. The lowest BCUT2D eigenvalue weighted by molar-refractivity contribution is -0.132. The first kappa shape index (κ1) is 17.7. The molecule has 1 heterocycles. The average Bonchev–Trinajstić information content (AvgIpc) is 3.40. The van der Waals surface area contributed by atoms with E-state index in [1.807, 2.05) is 30.0 Å². The van der Waals surface area contributed by atoms with Crippen molar-refractivity contribution in [3.8, 4) is 5.75 Å². The van der Waals surface area contributed by atoms with Crippen LogP contribution in [0.15, 0.2) is 22.7 Å². The molecule has 0 bridgehead atoms. The smallest absolute Gasteiger partial charge is 0.225 e. The molecule has 1 saturated heterocycles. The lowest BCUT2D eigenvalue weighted by Crippen LogP contribution is -2.45. The lowest BCUT2D eigenvalue weighted by Gasteiger charge is -2.32. The van der Waals surface area contributed by atoms with Gasteiger partial charge in [0.05, 0.1) is 17.5 Å². The molecular formula is C19H27BrN2O2. The molecule has 2 aliphatic rings. The molecule has 24 heavy (non-hydrogen) atoms. The summed E-state index contributed by atoms with van der Waals surface area (Å²) in [4.78, 5) is 14.3. The van der Waals surface area contributed by atoms with Crippen LogP contribution in [0.2, 0.25) is 0 Å². The highest BCUT2D eigenvalue weighted by atomic mass is 79.9. The van der Waals surface area contributed by atoms with Crippen molar-refractivity contribution in [1.82, 2.24) is 10.2 Å². The summed E-state index contributed by atoms with van der Waals surface area (Å²) >= 11 is 3.50. The predicted octanol–water partition coefficient (Wildman–Crippen LogP) is 3.52. The van der Waals surface area contributed by atoms with Gasteiger partial charge >= 0.3 is 0 Å². The number of benzene rings is 1. The van der Waals surface area contributed by atoms with Crippen molar-refractivity contribution in [1.29, 1.82) is 0 Å². The van der Waals surface area contributed by atoms with Crippen LogP contribution < -0.4 is 10.1 Å². The Kier molecular flexibility index (Phi) is 6.17. The second-order valence-electron chi connectivity index (χ2n) is 7.04. The number of carbonyl (C=O) groups excluding carboxylic acids is 1. The SMILES string of the molecule is Cc1ccc(OCCC(=O)N2CCC(NCC3CC3)CC2)c(Br)c1. The Morgan fingerprint density at radius 1 is 1.29 bits per heavy atom. The maximum Gasteiger partial charge on any atom is 0.225 e. The summed E-state index contributed by atoms with van der Waals surface area (Å²) < 4.78 is 6.68. The van der Waals surface area contributed by atoms with Gasteiger partial charge in [0.15, 0.2) is 0 Å². The summed E-state index contributed by atoms with van der Waals surface area (Å²) in [7, 11) is 0. The van der Waals surface area contributed by atoms with E-state index in [0.29, 0.717) is 19.1 Å². The standard InChI is InChI=1S/C19H27BrN2O2/c1-14-2-5-18(17(20)12-14)24-11-8-19(23)22-9-6-16(7-10-22)21-13-15-3-4-15/h2,5,12,15-16,21H,3-4,6-11,13H2,1H3. The third-order valence-electron chi connectivity index (χ3n) is 4.90. The molecule has 132 valence electrons. The number of rotatable bonds is 7. The molecule has 1 N–H and O–H groups in total. The highest BCUT2D eigenvalue weighted by Crippen LogP contribution is 2.28. The first-order chi connectivity index (χ1) is 11.6. The van der Waals surface area contributed by atoms with Crippen molar-refractivity contribution >= 4 is 21.8 Å². The topological polar surface area (TPSA) is 41.6 Å². The molecular weight excluding hydrogens is 368 g/mol. The largest absolute Gasteiger partial charge is 0.492 e. The number of hydrogen-bond donors (Lipinski definition) is 1. The second-order valence-corrected chi connectivity index (χ2v) is 7.89. The molecule has 5 heteroatoms. The molecule has 0 radical (unpaired) electrons. The molecule has 1 amide bonds. The fourth-order valence-corrected chi connectivity index (χ4v) is 3.73. The van der Waals surface area contributed by atoms with Crippen LogP contribution in [0.25, 0.3) is 0 Å². The summed E-state index contributed by atoms with van der Waals surface area (Å²) in [5.41, 5.74) is 1.18. The van der Waals surface area contributed by atoms with Crippen molar-refractivity contribution in [3.63, 3.8) is 0 Å². The fraction of sp³-hybridized carbons (Fsp3) is 0.632. The number of piperidine rings is 1. The number of ether oxygens (including phenoxy) is 1. The van der Waals surface area contributed by atoms with E-state index in [1.54, 1.807) is 0 Å². The Bertz CT molecular complexity index is 566. The van der Waals surface area contributed by atoms with Gasteiger partial charge in [-0.15, -0.1) is 0 Å². The molecule has 4 nitrogen and oxygen atoms in total. The third kappa shape index (κ3) is 5.21. The van der Waals surface area contributed by atoms with E-state index in [-0.39, 0.29) is 5.91 Å². The van der Waals surface area contributed by atoms with Gasteiger partial charge in [0.25, 0.3) is 0 Å². The summed E-state index contributed by atoms with van der Waals surface area (Å²) in [6.45, 7) is 5.38. The first-order valence-electron chi connectivity index (χ1n) is 9.02. The van der Waals surface area contributed by atoms with Crippen LogP contribution >= 0.6 is 15.9 Å². The normalized spacial score (nSPS) is 18.7. The third-order valence-corrected chi connectivity index (χ3v) is 5.52. The maximum absolute atomic E-state index is 12.3. The molecule has 1 aromatic rings. The fourth-order valence-electron chi connectivity index (χ4n) is 3.12. The molecule has 0 unspecified atom stereocenters. The molecule has 0 atom stereocenters. The summed E-state index contributed by atoms with van der Waals surface area (Å²) in [5, 5.41) is 3.65. The molecule has 3 rings (SSSR count). The van der Waals surface area contributed by atoms with Crippen LogP contribution in [-0.4, -0.2) is 43.1 Å². The zero-order valence-electron chi connectivity index (χ0n) is 14.4. The highest BCUT2D eigenvalue weighted by Gasteiger charge is 2.25. The van der Waals surface area contributed by atoms with Crippen LogP contribution in [0.4, 0.5) is 0 Å². The maximum atomic E-state index is 12.3. The molecule has 1 aliphatic heterocycles. The second kappa shape index (κ2) is 8.34. The van der Waals surface area contributed by atoms with Gasteiger partial charge < -0.3 is 15.0 Å². The molecule has 1 saturated carbocycles. The van der Waals surface area contributed by atoms with E-state index >= 15 is 0 Å². The van der Waals surface area contributed by atoms with Crippen molar-refractivity contribution in [2.45, 2.75) is 45.1 Å². The number of nitrogens with zero attached hydrogens (tertiary/aromatic N) is 1. The monoisotopic (exact) mass is 394 g/mol. The number of halogens is 1. The van der Waals surface area contributed by atoms with E-state index in [0.717, 1.165) is 48.6 Å². The van der Waals surface area contributed by atoms with Gasteiger partial charge in [0.2, 0.25) is 5.91 Å². The van der Waals surface area contributed by atoms with Gasteiger partial charge in [-0.25, -0.2) is 0 Å². The summed E-state index contributed by atoms with van der Waals surface area (Å²) in [6.07, 6.45) is 5.37. The molecule has 0 aromatic heterocycles. The van der Waals surface area contributed by atoms with Gasteiger partial charge in [-0.05, 0) is 78.7 Å². The molecule has 1 aromatic carbocycles. The summed E-state index contributed by atoms with van der Waals surface area (Å²) in [5.74, 6) is 1.93. The van der Waals surface area contributed by atoms with E-state index in [2.05, 4.69) is 21.2 Å². The molecule has 1 aliphatic carbocycles. The van der Waals surface area contributed by atoms with Gasteiger partial charge in [-0.3, -0.25) is 4.79 Å². The van der Waals surface area contributed by atoms with Crippen molar-refractivity contribution in [3.05, 3.63) is 28.2 Å². The van der Waals surface area contributed by atoms with Gasteiger partial charge in [-0.2, -0.15) is 0 Å². The molecule has 0 spiro atoms. The molecule has 2 fully saturated rings. The van der Waals surface area contributed by atoms with Crippen LogP contribution in [0.1, 0.15) is 37.7 Å². The number of nitrogens with one attached hydrogen (secondary N) is 1. The van der Waals surface area contributed by atoms with E-state index < -0.39 is 0 Å². The van der Waals surface area contributed by atoms with E-state index in [9.17, 15) is 4.79 Å². The van der Waals surface area contributed by atoms with Crippen LogP contribution in [0.3, 0.4) is 0 Å². The summed E-state index contributed by atoms with van der Waals surface area (Å²) in [6, 6.07) is 6.58. The highest BCUT2D eigenvalue weighted by molar-refractivity contribution is 9.10. The zero-order valence-corrected chi connectivity index (χ0v) is 16.0. The van der Waals surface area contributed by atoms with Crippen molar-refractivity contribution in [2.24, 2.45) is 5.92 Å². The minimum Gasteiger partial charge on any atom is -0.492 e. The Balaban J connectivity index is 1.34. The predicted molar refractivity (Wildman–Crippen MR) is 99.3 cm³/mol. The number of likely N-dealkylation sites (tertiary alicyclic amines) is 1. The van der Waals surface area contributed by atoms with Gasteiger partial charge in [0.1, 0.15) is 5.75 Å². The average molecular weight is 395 g/mol. The van der Waals surface area contributed by atoms with E-state index in [4.69, 9.17) is 4.74 Å². The van der Waals surface area contributed by atoms with Crippen LogP contribution in [0, 0.1) is 12.8 Å². The van der Waals surface area contributed by atoms with Crippen molar-refractivity contribution in [2.75, 3.05) is 26.2 Å². The van der Waals surface area contributed by atoms with Crippen LogP contribution in [0.5, 0.6) is 5.75 Å². The Labute approximate surface area is 153 Å². The van der Waals surface area contributed by atoms with Crippen molar-refractivity contribution < 1.29 is 9.53 Å². The minimum atomic E-state index is 0.207. The number of amides is 1. The van der Waals surface area contributed by atoms with E-state index in [1.165, 1.54) is 18.4 Å². The van der Waals surface area contributed by atoms with Crippen LogP contribution in [-0.2, 0) is 4.79 Å².